The third kappa shape index (κ3) is 4.74. The Morgan fingerprint density at radius 3 is 2.40 bits per heavy atom. The fraction of sp³-hybridized carbons (Fsp3) is 0.111. The van der Waals surface area contributed by atoms with Gasteiger partial charge in [-0.2, -0.15) is 0 Å². The molecule has 0 aliphatic carbocycles. The highest BCUT2D eigenvalue weighted by atomic mass is 35.5. The molecular weight excluding hydrogens is 340 g/mol. The Balaban J connectivity index is 0.00000225. The lowest BCUT2D eigenvalue weighted by Crippen LogP contribution is -2.14. The number of halogens is 1. The Morgan fingerprint density at radius 1 is 1.16 bits per heavy atom. The van der Waals surface area contributed by atoms with Crippen LogP contribution in [-0.2, 0) is 11.2 Å². The summed E-state index contributed by atoms with van der Waals surface area (Å²) in [5.74, 6) is 1.08. The molecular formula is C18H19ClN4O2. The molecule has 1 amide bonds. The number of anilines is 2. The van der Waals surface area contributed by atoms with Crippen LogP contribution in [0.4, 0.5) is 11.6 Å². The van der Waals surface area contributed by atoms with Crippen LogP contribution < -0.4 is 15.8 Å². The van der Waals surface area contributed by atoms with Gasteiger partial charge in [-0.1, -0.05) is 24.3 Å². The summed E-state index contributed by atoms with van der Waals surface area (Å²) in [6, 6.07) is 14.9. The zero-order valence-electron chi connectivity index (χ0n) is 13.7. The second-order valence-electron chi connectivity index (χ2n) is 5.33. The number of H-pyrrole nitrogens is 1. The van der Waals surface area contributed by atoms with Crippen molar-refractivity contribution in [3.8, 4) is 17.0 Å². The number of rotatable bonds is 5. The van der Waals surface area contributed by atoms with Gasteiger partial charge in [-0.3, -0.25) is 4.79 Å². The highest BCUT2D eigenvalue weighted by Crippen LogP contribution is 2.20. The lowest BCUT2D eigenvalue weighted by Gasteiger charge is -2.07. The Labute approximate surface area is 151 Å². The standard InChI is InChI=1S/C18H18N4O2.ClH/c1-24-15-8-2-12(3-9-15)10-17(23)21-14-6-4-13(5-7-14)16-11-20-18(19)22-16;/h2-9,11H,10H2,1H3,(H,21,23)(H3,19,20,22);1H. The van der Waals surface area contributed by atoms with Gasteiger partial charge in [-0.15, -0.1) is 12.4 Å². The van der Waals surface area contributed by atoms with E-state index in [4.69, 9.17) is 10.5 Å². The van der Waals surface area contributed by atoms with Crippen molar-refractivity contribution in [3.05, 3.63) is 60.3 Å². The first-order valence-corrected chi connectivity index (χ1v) is 7.48. The SMILES string of the molecule is COc1ccc(CC(=O)Nc2ccc(-c3cnc(N)[nH]3)cc2)cc1.Cl. The molecule has 7 heteroatoms. The maximum Gasteiger partial charge on any atom is 0.228 e. The number of benzene rings is 2. The Hall–Kier alpha value is -2.99. The van der Waals surface area contributed by atoms with E-state index in [1.54, 1.807) is 13.3 Å². The number of aromatic nitrogens is 2. The summed E-state index contributed by atoms with van der Waals surface area (Å²) in [7, 11) is 1.61. The number of nitrogens with two attached hydrogens (primary N) is 1. The number of imidazole rings is 1. The molecule has 1 aromatic heterocycles. The molecule has 1 heterocycles. The minimum Gasteiger partial charge on any atom is -0.497 e. The average Bonchev–Trinajstić information content (AvgIpc) is 3.02. The van der Waals surface area contributed by atoms with Gasteiger partial charge in [0.05, 0.1) is 25.4 Å². The minimum atomic E-state index is -0.0706. The van der Waals surface area contributed by atoms with Gasteiger partial charge in [0, 0.05) is 5.69 Å². The molecule has 0 saturated carbocycles. The molecule has 0 radical (unpaired) electrons. The molecule has 3 rings (SSSR count). The number of nitrogens with one attached hydrogen (secondary N) is 2. The number of methoxy groups -OCH3 is 1. The number of hydrogen-bond donors (Lipinski definition) is 3. The number of nitrogens with zero attached hydrogens (tertiary/aromatic N) is 1. The molecule has 0 atom stereocenters. The van der Waals surface area contributed by atoms with E-state index in [9.17, 15) is 4.79 Å². The third-order valence-corrected chi connectivity index (χ3v) is 3.60. The molecule has 0 bridgehead atoms. The van der Waals surface area contributed by atoms with Gasteiger partial charge in [0.2, 0.25) is 5.91 Å². The molecule has 25 heavy (non-hydrogen) atoms. The topological polar surface area (TPSA) is 93.0 Å². The molecule has 6 nitrogen and oxygen atoms in total. The van der Waals surface area contributed by atoms with Crippen LogP contribution in [0.3, 0.4) is 0 Å². The maximum atomic E-state index is 12.1. The van der Waals surface area contributed by atoms with Crippen molar-refractivity contribution in [1.29, 1.82) is 0 Å². The van der Waals surface area contributed by atoms with Gasteiger partial charge in [0.15, 0.2) is 5.95 Å². The molecule has 130 valence electrons. The normalized spacial score (nSPS) is 9.96. The highest BCUT2D eigenvalue weighted by Gasteiger charge is 2.06. The molecule has 0 aliphatic rings. The summed E-state index contributed by atoms with van der Waals surface area (Å²) in [5.41, 5.74) is 9.03. The summed E-state index contributed by atoms with van der Waals surface area (Å²) in [5, 5.41) is 2.88. The number of nitrogen functional groups attached to an aromatic ring is 1. The van der Waals surface area contributed by atoms with Gasteiger partial charge in [0.1, 0.15) is 5.75 Å². The summed E-state index contributed by atoms with van der Waals surface area (Å²) < 4.78 is 5.10. The van der Waals surface area contributed by atoms with E-state index in [2.05, 4.69) is 15.3 Å². The van der Waals surface area contributed by atoms with E-state index in [0.717, 1.165) is 28.3 Å². The van der Waals surface area contributed by atoms with Crippen LogP contribution in [0.15, 0.2) is 54.7 Å². The second-order valence-corrected chi connectivity index (χ2v) is 5.33. The Bertz CT molecular complexity index is 829. The van der Waals surface area contributed by atoms with E-state index in [0.29, 0.717) is 12.4 Å². The van der Waals surface area contributed by atoms with Gasteiger partial charge in [-0.05, 0) is 35.4 Å². The summed E-state index contributed by atoms with van der Waals surface area (Å²) in [6.45, 7) is 0. The van der Waals surface area contributed by atoms with Crippen molar-refractivity contribution in [2.24, 2.45) is 0 Å². The number of carbonyl (C=O) groups excluding carboxylic acids is 1. The van der Waals surface area contributed by atoms with Crippen molar-refractivity contribution in [1.82, 2.24) is 9.97 Å². The zero-order chi connectivity index (χ0) is 16.9. The molecule has 0 saturated heterocycles. The first-order valence-electron chi connectivity index (χ1n) is 7.48. The fourth-order valence-corrected chi connectivity index (χ4v) is 2.35. The number of amides is 1. The van der Waals surface area contributed by atoms with Crippen molar-refractivity contribution in [2.75, 3.05) is 18.2 Å². The quantitative estimate of drug-likeness (QED) is 0.652. The fourth-order valence-electron chi connectivity index (χ4n) is 2.35. The van der Waals surface area contributed by atoms with Crippen LogP contribution in [0.2, 0.25) is 0 Å². The average molecular weight is 359 g/mol. The van der Waals surface area contributed by atoms with Crippen LogP contribution in [0.1, 0.15) is 5.56 Å². The maximum absolute atomic E-state index is 12.1. The number of aromatic amines is 1. The van der Waals surface area contributed by atoms with Crippen molar-refractivity contribution in [2.45, 2.75) is 6.42 Å². The minimum absolute atomic E-state index is 0. The van der Waals surface area contributed by atoms with Gasteiger partial charge in [-0.25, -0.2) is 4.98 Å². The van der Waals surface area contributed by atoms with Crippen LogP contribution in [0.5, 0.6) is 5.75 Å². The van der Waals surface area contributed by atoms with E-state index in [1.807, 2.05) is 48.5 Å². The lowest BCUT2D eigenvalue weighted by molar-refractivity contribution is -0.115. The Morgan fingerprint density at radius 2 is 1.84 bits per heavy atom. The Kier molecular flexibility index (Phi) is 6.03. The van der Waals surface area contributed by atoms with E-state index in [1.165, 1.54) is 0 Å². The molecule has 0 spiro atoms. The number of carbonyl (C=O) groups is 1. The number of hydrogen-bond acceptors (Lipinski definition) is 4. The molecule has 2 aromatic carbocycles. The lowest BCUT2D eigenvalue weighted by atomic mass is 10.1. The van der Waals surface area contributed by atoms with Gasteiger partial charge < -0.3 is 20.8 Å². The van der Waals surface area contributed by atoms with Crippen molar-refractivity contribution in [3.63, 3.8) is 0 Å². The van der Waals surface area contributed by atoms with Crippen LogP contribution in [0, 0.1) is 0 Å². The third-order valence-electron chi connectivity index (χ3n) is 3.60. The second kappa shape index (κ2) is 8.21. The summed E-state index contributed by atoms with van der Waals surface area (Å²) in [4.78, 5) is 19.0. The van der Waals surface area contributed by atoms with Crippen molar-refractivity contribution < 1.29 is 9.53 Å². The van der Waals surface area contributed by atoms with E-state index in [-0.39, 0.29) is 18.3 Å². The molecule has 0 fully saturated rings. The van der Waals surface area contributed by atoms with Gasteiger partial charge in [0.25, 0.3) is 0 Å². The first kappa shape index (κ1) is 18.4. The zero-order valence-corrected chi connectivity index (χ0v) is 14.5. The number of ether oxygens (including phenoxy) is 1. The smallest absolute Gasteiger partial charge is 0.228 e. The van der Waals surface area contributed by atoms with E-state index >= 15 is 0 Å². The van der Waals surface area contributed by atoms with Crippen LogP contribution in [0.25, 0.3) is 11.3 Å². The monoisotopic (exact) mass is 358 g/mol. The van der Waals surface area contributed by atoms with Crippen molar-refractivity contribution >= 4 is 29.9 Å². The largest absolute Gasteiger partial charge is 0.497 e. The summed E-state index contributed by atoms with van der Waals surface area (Å²) in [6.07, 6.45) is 1.98. The molecule has 0 aliphatic heterocycles. The van der Waals surface area contributed by atoms with Crippen LogP contribution >= 0.6 is 12.4 Å². The molecule has 4 N–H and O–H groups in total. The first-order chi connectivity index (χ1) is 11.6. The van der Waals surface area contributed by atoms with Gasteiger partial charge >= 0.3 is 0 Å². The molecule has 3 aromatic rings. The molecule has 0 unspecified atom stereocenters. The predicted octanol–water partition coefficient (Wildman–Crippen LogP) is 3.27. The predicted molar refractivity (Wildman–Crippen MR) is 101 cm³/mol. The summed E-state index contributed by atoms with van der Waals surface area (Å²) >= 11 is 0. The highest BCUT2D eigenvalue weighted by molar-refractivity contribution is 5.92. The van der Waals surface area contributed by atoms with Crippen LogP contribution in [-0.4, -0.2) is 23.0 Å². The van der Waals surface area contributed by atoms with E-state index < -0.39 is 0 Å².